The largest absolute Gasteiger partial charge is 0.204 e. The van der Waals surface area contributed by atoms with Gasteiger partial charge in [0.2, 0.25) is 0 Å². The third-order valence-corrected chi connectivity index (χ3v) is 2.98. The van der Waals surface area contributed by atoms with Crippen molar-refractivity contribution >= 4 is 31.9 Å². The van der Waals surface area contributed by atoms with E-state index in [1.54, 1.807) is 0 Å². The van der Waals surface area contributed by atoms with Gasteiger partial charge in [0.25, 0.3) is 0 Å². The van der Waals surface area contributed by atoms with Gasteiger partial charge in [0.15, 0.2) is 11.6 Å². The molecule has 0 radical (unpaired) electrons. The molecule has 70 valence electrons. The fourth-order valence-electron chi connectivity index (χ4n) is 0.830. The Balaban J connectivity index is 3.78. The molecule has 0 saturated heterocycles. The molecule has 0 heterocycles. The van der Waals surface area contributed by atoms with Crippen molar-refractivity contribution in [2.75, 3.05) is 0 Å². The van der Waals surface area contributed by atoms with Crippen molar-refractivity contribution in [2.24, 2.45) is 0 Å². The number of rotatable bonds is 0. The van der Waals surface area contributed by atoms with Crippen LogP contribution < -0.4 is 0 Å². The Morgan fingerprint density at radius 3 is 1.50 bits per heavy atom. The Kier molecular flexibility index (Phi) is 3.20. The fourth-order valence-corrected chi connectivity index (χ4v) is 2.02. The molecule has 6 heteroatoms. The predicted octanol–water partition coefficient (Wildman–Crippen LogP) is 3.23. The molecule has 0 bridgehead atoms. The number of nitriles is 2. The molecule has 0 amide bonds. The van der Waals surface area contributed by atoms with E-state index in [4.69, 9.17) is 10.5 Å². The lowest BCUT2D eigenvalue weighted by molar-refractivity contribution is 0.582. The maximum absolute atomic E-state index is 13.3. The zero-order chi connectivity index (χ0) is 10.9. The van der Waals surface area contributed by atoms with Gasteiger partial charge in [-0.15, -0.1) is 0 Å². The summed E-state index contributed by atoms with van der Waals surface area (Å²) < 4.78 is 26.0. The smallest absolute Gasteiger partial charge is 0.161 e. The zero-order valence-corrected chi connectivity index (χ0v) is 9.58. The first-order valence-electron chi connectivity index (χ1n) is 3.20. The Morgan fingerprint density at radius 2 is 1.21 bits per heavy atom. The first kappa shape index (κ1) is 11.1. The Labute approximate surface area is 95.0 Å². The molecule has 0 spiro atoms. The van der Waals surface area contributed by atoms with Crippen LogP contribution in [0.1, 0.15) is 11.1 Å². The lowest BCUT2D eigenvalue weighted by Gasteiger charge is -2.04. The minimum atomic E-state index is -1.03. The van der Waals surface area contributed by atoms with Crippen LogP contribution in [0.3, 0.4) is 0 Å². The van der Waals surface area contributed by atoms with Crippen LogP contribution in [0.15, 0.2) is 8.95 Å². The number of nitrogens with zero attached hydrogens (tertiary/aromatic N) is 2. The first-order chi connectivity index (χ1) is 6.54. The third kappa shape index (κ3) is 1.52. The molecule has 0 fully saturated rings. The standard InChI is InChI=1S/C8Br2F2N2/c9-5-3(1-13)7(11)4(2-14)6(10)8(5)12. The van der Waals surface area contributed by atoms with Crippen LogP contribution in [0.4, 0.5) is 8.78 Å². The van der Waals surface area contributed by atoms with Gasteiger partial charge in [0.05, 0.1) is 8.95 Å². The minimum absolute atomic E-state index is 0.289. The van der Waals surface area contributed by atoms with E-state index in [1.807, 2.05) is 0 Å². The third-order valence-electron chi connectivity index (χ3n) is 1.49. The fraction of sp³-hybridized carbons (Fsp3) is 0. The normalized spacial score (nSPS) is 9.29. The van der Waals surface area contributed by atoms with E-state index >= 15 is 0 Å². The monoisotopic (exact) mass is 320 g/mol. The molecule has 0 saturated carbocycles. The molecule has 14 heavy (non-hydrogen) atoms. The van der Waals surface area contributed by atoms with Crippen molar-refractivity contribution in [1.82, 2.24) is 0 Å². The van der Waals surface area contributed by atoms with E-state index in [-0.39, 0.29) is 8.95 Å². The van der Waals surface area contributed by atoms with Crippen molar-refractivity contribution in [2.45, 2.75) is 0 Å². The highest BCUT2D eigenvalue weighted by atomic mass is 79.9. The summed E-state index contributed by atoms with van der Waals surface area (Å²) in [6.07, 6.45) is 0. The number of hydrogen-bond donors (Lipinski definition) is 0. The summed E-state index contributed by atoms with van der Waals surface area (Å²) in [5.41, 5.74) is -1.02. The summed E-state index contributed by atoms with van der Waals surface area (Å²) >= 11 is 5.46. The maximum Gasteiger partial charge on any atom is 0.161 e. The number of hydrogen-bond acceptors (Lipinski definition) is 2. The molecule has 0 aliphatic heterocycles. The van der Waals surface area contributed by atoms with Gasteiger partial charge in [0, 0.05) is 0 Å². The topological polar surface area (TPSA) is 47.6 Å². The Hall–Kier alpha value is -0.980. The summed E-state index contributed by atoms with van der Waals surface area (Å²) in [7, 11) is 0. The number of benzene rings is 1. The van der Waals surface area contributed by atoms with E-state index in [0.29, 0.717) is 0 Å². The van der Waals surface area contributed by atoms with E-state index in [9.17, 15) is 8.78 Å². The van der Waals surface area contributed by atoms with Crippen LogP contribution in [0, 0.1) is 34.3 Å². The average Bonchev–Trinajstić information content (AvgIpc) is 2.16. The van der Waals surface area contributed by atoms with Gasteiger partial charge >= 0.3 is 0 Å². The molecular weight excluding hydrogens is 322 g/mol. The molecule has 0 aliphatic rings. The van der Waals surface area contributed by atoms with Crippen molar-refractivity contribution in [1.29, 1.82) is 10.5 Å². The van der Waals surface area contributed by atoms with Crippen LogP contribution in [0.5, 0.6) is 0 Å². The maximum atomic E-state index is 13.3. The van der Waals surface area contributed by atoms with Gasteiger partial charge in [-0.25, -0.2) is 8.78 Å². The van der Waals surface area contributed by atoms with Gasteiger partial charge in [0.1, 0.15) is 23.3 Å². The van der Waals surface area contributed by atoms with Crippen LogP contribution in [-0.4, -0.2) is 0 Å². The van der Waals surface area contributed by atoms with Gasteiger partial charge < -0.3 is 0 Å². The highest BCUT2D eigenvalue weighted by Crippen LogP contribution is 2.32. The van der Waals surface area contributed by atoms with Crippen LogP contribution >= 0.6 is 31.9 Å². The molecule has 1 rings (SSSR count). The van der Waals surface area contributed by atoms with E-state index in [0.717, 1.165) is 0 Å². The van der Waals surface area contributed by atoms with Crippen molar-refractivity contribution in [3.05, 3.63) is 31.7 Å². The van der Waals surface area contributed by atoms with Crippen LogP contribution in [-0.2, 0) is 0 Å². The second-order valence-corrected chi connectivity index (χ2v) is 3.82. The molecule has 1 aromatic rings. The highest BCUT2D eigenvalue weighted by Gasteiger charge is 2.21. The number of halogens is 4. The molecule has 0 unspecified atom stereocenters. The van der Waals surface area contributed by atoms with Crippen molar-refractivity contribution in [3.8, 4) is 12.1 Å². The van der Waals surface area contributed by atoms with E-state index < -0.39 is 22.8 Å². The van der Waals surface area contributed by atoms with Crippen molar-refractivity contribution < 1.29 is 8.78 Å². The molecule has 0 aliphatic carbocycles. The van der Waals surface area contributed by atoms with E-state index in [2.05, 4.69) is 31.9 Å². The Morgan fingerprint density at radius 1 is 0.857 bits per heavy atom. The molecule has 0 aromatic heterocycles. The SMILES string of the molecule is N#Cc1c(F)c(C#N)c(Br)c(F)c1Br. The lowest BCUT2D eigenvalue weighted by atomic mass is 10.1. The van der Waals surface area contributed by atoms with Crippen molar-refractivity contribution in [3.63, 3.8) is 0 Å². The predicted molar refractivity (Wildman–Crippen MR) is 51.2 cm³/mol. The van der Waals surface area contributed by atoms with Crippen LogP contribution in [0.25, 0.3) is 0 Å². The summed E-state index contributed by atoms with van der Waals surface area (Å²) in [6, 6.07) is 2.94. The zero-order valence-electron chi connectivity index (χ0n) is 6.41. The first-order valence-corrected chi connectivity index (χ1v) is 4.79. The molecular formula is C8Br2F2N2. The average molecular weight is 322 g/mol. The summed E-state index contributed by atoms with van der Waals surface area (Å²) in [5, 5.41) is 17.0. The molecule has 0 N–H and O–H groups in total. The summed E-state index contributed by atoms with van der Waals surface area (Å²) in [5.74, 6) is -1.89. The highest BCUT2D eigenvalue weighted by molar-refractivity contribution is 9.11. The second kappa shape index (κ2) is 4.04. The van der Waals surface area contributed by atoms with Gasteiger partial charge in [-0.05, 0) is 31.9 Å². The molecule has 1 aromatic carbocycles. The summed E-state index contributed by atoms with van der Waals surface area (Å²) in [6.45, 7) is 0. The molecule has 2 nitrogen and oxygen atoms in total. The lowest BCUT2D eigenvalue weighted by Crippen LogP contribution is -1.97. The van der Waals surface area contributed by atoms with Crippen LogP contribution in [0.2, 0.25) is 0 Å². The van der Waals surface area contributed by atoms with E-state index in [1.165, 1.54) is 12.1 Å². The van der Waals surface area contributed by atoms with Gasteiger partial charge in [-0.1, -0.05) is 0 Å². The van der Waals surface area contributed by atoms with Gasteiger partial charge in [-0.2, -0.15) is 10.5 Å². The second-order valence-electron chi connectivity index (χ2n) is 2.23. The van der Waals surface area contributed by atoms with Gasteiger partial charge in [-0.3, -0.25) is 0 Å². The minimum Gasteiger partial charge on any atom is -0.204 e. The quantitative estimate of drug-likeness (QED) is 0.544. The summed E-state index contributed by atoms with van der Waals surface area (Å²) in [4.78, 5) is 0. The Bertz CT molecular complexity index is 445. The molecule has 0 atom stereocenters.